The fourth-order valence-corrected chi connectivity index (χ4v) is 1.72. The summed E-state index contributed by atoms with van der Waals surface area (Å²) in [5.41, 5.74) is -0.275. The highest BCUT2D eigenvalue weighted by molar-refractivity contribution is 5.90. The number of aromatic carboxylic acids is 1. The first-order valence-electron chi connectivity index (χ1n) is 5.87. The van der Waals surface area contributed by atoms with E-state index >= 15 is 0 Å². The molecule has 0 heterocycles. The summed E-state index contributed by atoms with van der Waals surface area (Å²) in [5, 5.41) is 19.5. The first-order chi connectivity index (χ1) is 9.99. The van der Waals surface area contributed by atoms with Gasteiger partial charge in [0.15, 0.2) is 0 Å². The van der Waals surface area contributed by atoms with E-state index in [4.69, 9.17) is 9.84 Å². The maximum atomic E-state index is 13.4. The third kappa shape index (κ3) is 3.33. The molecule has 1 N–H and O–H groups in total. The quantitative estimate of drug-likeness (QED) is 0.675. The monoisotopic (exact) mass is 291 g/mol. The molecule has 7 heteroatoms. The fourth-order valence-electron chi connectivity index (χ4n) is 1.72. The van der Waals surface area contributed by atoms with Crippen LogP contribution in [0, 0.1) is 15.9 Å². The lowest BCUT2D eigenvalue weighted by Crippen LogP contribution is -2.03. The van der Waals surface area contributed by atoms with Gasteiger partial charge in [0, 0.05) is 6.07 Å². The van der Waals surface area contributed by atoms with Gasteiger partial charge in [-0.2, -0.15) is 4.39 Å². The van der Waals surface area contributed by atoms with Crippen LogP contribution in [0.2, 0.25) is 0 Å². The Balaban J connectivity index is 2.16. The summed E-state index contributed by atoms with van der Waals surface area (Å²) >= 11 is 0. The van der Waals surface area contributed by atoms with Crippen LogP contribution >= 0.6 is 0 Å². The second-order valence-electron chi connectivity index (χ2n) is 4.13. The molecule has 0 radical (unpaired) electrons. The second-order valence-corrected chi connectivity index (χ2v) is 4.13. The van der Waals surface area contributed by atoms with Gasteiger partial charge in [0.25, 0.3) is 0 Å². The normalized spacial score (nSPS) is 10.1. The molecule has 0 unspecified atom stereocenters. The van der Waals surface area contributed by atoms with Gasteiger partial charge < -0.3 is 9.84 Å². The molecule has 0 aliphatic carbocycles. The average molecular weight is 291 g/mol. The molecule has 0 aliphatic rings. The Morgan fingerprint density at radius 1 is 1.29 bits per heavy atom. The zero-order valence-corrected chi connectivity index (χ0v) is 10.7. The summed E-state index contributed by atoms with van der Waals surface area (Å²) in [5.74, 6) is -1.96. The number of carboxylic acid groups (broad SMARTS) is 1. The Kier molecular flexibility index (Phi) is 4.13. The minimum absolute atomic E-state index is 0.0140. The lowest BCUT2D eigenvalue weighted by molar-refractivity contribution is -0.387. The molecule has 0 spiro atoms. The zero-order chi connectivity index (χ0) is 15.4. The Bertz CT molecular complexity index is 702. The molecule has 0 aliphatic heterocycles. The molecule has 21 heavy (non-hydrogen) atoms. The first-order valence-corrected chi connectivity index (χ1v) is 5.87. The maximum absolute atomic E-state index is 13.4. The van der Waals surface area contributed by atoms with Crippen molar-refractivity contribution in [3.8, 4) is 5.75 Å². The number of ether oxygens (including phenoxy) is 1. The van der Waals surface area contributed by atoms with E-state index in [9.17, 15) is 19.3 Å². The van der Waals surface area contributed by atoms with Gasteiger partial charge >= 0.3 is 11.7 Å². The van der Waals surface area contributed by atoms with Crippen molar-refractivity contribution >= 4 is 11.7 Å². The number of hydrogen-bond acceptors (Lipinski definition) is 4. The molecule has 0 atom stereocenters. The number of nitro benzene ring substituents is 1. The van der Waals surface area contributed by atoms with Crippen molar-refractivity contribution in [3.05, 3.63) is 69.5 Å². The van der Waals surface area contributed by atoms with E-state index in [0.717, 1.165) is 12.1 Å². The van der Waals surface area contributed by atoms with Crippen molar-refractivity contribution in [1.82, 2.24) is 0 Å². The van der Waals surface area contributed by atoms with E-state index in [1.165, 1.54) is 18.2 Å². The standard InChI is InChI=1S/C14H10FNO5/c15-11-7-9(5-6-12(11)16(19)20)8-21-13-4-2-1-3-10(13)14(17)18/h1-7H,8H2,(H,17,18). The van der Waals surface area contributed by atoms with E-state index < -0.39 is 22.4 Å². The molecule has 0 bridgehead atoms. The third-order valence-electron chi connectivity index (χ3n) is 2.72. The number of carboxylic acids is 1. The summed E-state index contributed by atoms with van der Waals surface area (Å²) in [6.45, 7) is -0.0980. The van der Waals surface area contributed by atoms with Crippen molar-refractivity contribution in [2.45, 2.75) is 6.61 Å². The van der Waals surface area contributed by atoms with Crippen LogP contribution in [0.25, 0.3) is 0 Å². The van der Waals surface area contributed by atoms with Crippen LogP contribution in [0.3, 0.4) is 0 Å². The van der Waals surface area contributed by atoms with Crippen LogP contribution in [0.15, 0.2) is 42.5 Å². The molecule has 0 aromatic heterocycles. The molecule has 6 nitrogen and oxygen atoms in total. The number of rotatable bonds is 5. The molecule has 0 fully saturated rings. The Morgan fingerprint density at radius 2 is 2.00 bits per heavy atom. The molecule has 0 saturated carbocycles. The van der Waals surface area contributed by atoms with Crippen LogP contribution in [-0.4, -0.2) is 16.0 Å². The van der Waals surface area contributed by atoms with Crippen molar-refractivity contribution in [3.63, 3.8) is 0 Å². The predicted molar refractivity (Wildman–Crippen MR) is 70.8 cm³/mol. The summed E-state index contributed by atoms with van der Waals surface area (Å²) in [4.78, 5) is 20.7. The van der Waals surface area contributed by atoms with Gasteiger partial charge in [-0.25, -0.2) is 4.79 Å². The average Bonchev–Trinajstić information content (AvgIpc) is 2.45. The fraction of sp³-hybridized carbons (Fsp3) is 0.0714. The van der Waals surface area contributed by atoms with E-state index in [0.29, 0.717) is 5.56 Å². The van der Waals surface area contributed by atoms with E-state index in [1.54, 1.807) is 12.1 Å². The van der Waals surface area contributed by atoms with Crippen molar-refractivity contribution in [1.29, 1.82) is 0 Å². The minimum atomic E-state index is -1.14. The van der Waals surface area contributed by atoms with Crippen LogP contribution in [0.1, 0.15) is 15.9 Å². The molecule has 0 amide bonds. The van der Waals surface area contributed by atoms with Crippen LogP contribution in [0.5, 0.6) is 5.75 Å². The molecular formula is C14H10FNO5. The number of benzene rings is 2. The van der Waals surface area contributed by atoms with Crippen LogP contribution in [-0.2, 0) is 6.61 Å². The van der Waals surface area contributed by atoms with Crippen molar-refractivity contribution in [2.24, 2.45) is 0 Å². The smallest absolute Gasteiger partial charge is 0.339 e. The maximum Gasteiger partial charge on any atom is 0.339 e. The Morgan fingerprint density at radius 3 is 2.62 bits per heavy atom. The van der Waals surface area contributed by atoms with Crippen LogP contribution in [0.4, 0.5) is 10.1 Å². The first kappa shape index (κ1) is 14.4. The van der Waals surface area contributed by atoms with Gasteiger partial charge in [-0.3, -0.25) is 10.1 Å². The summed E-state index contributed by atoms with van der Waals surface area (Å²) in [6, 6.07) is 9.41. The third-order valence-corrected chi connectivity index (χ3v) is 2.72. The van der Waals surface area contributed by atoms with Crippen molar-refractivity contribution < 1.29 is 24.0 Å². The van der Waals surface area contributed by atoms with Gasteiger partial charge in [0.05, 0.1) is 4.92 Å². The van der Waals surface area contributed by atoms with Crippen molar-refractivity contribution in [2.75, 3.05) is 0 Å². The summed E-state index contributed by atoms with van der Waals surface area (Å²) in [6.07, 6.45) is 0. The number of para-hydroxylation sites is 1. The van der Waals surface area contributed by atoms with E-state index in [-0.39, 0.29) is 17.9 Å². The summed E-state index contributed by atoms with van der Waals surface area (Å²) in [7, 11) is 0. The van der Waals surface area contributed by atoms with Gasteiger partial charge in [0.1, 0.15) is 17.9 Å². The molecule has 2 aromatic carbocycles. The molecule has 2 rings (SSSR count). The lowest BCUT2D eigenvalue weighted by Gasteiger charge is -2.09. The number of halogens is 1. The number of nitrogens with zero attached hydrogens (tertiary/aromatic N) is 1. The number of carbonyl (C=O) groups is 1. The Labute approximate surface area is 118 Å². The molecular weight excluding hydrogens is 281 g/mol. The highest BCUT2D eigenvalue weighted by Crippen LogP contribution is 2.21. The topological polar surface area (TPSA) is 89.7 Å². The van der Waals surface area contributed by atoms with E-state index in [2.05, 4.69) is 0 Å². The highest BCUT2D eigenvalue weighted by Gasteiger charge is 2.15. The number of nitro groups is 1. The van der Waals surface area contributed by atoms with Gasteiger partial charge in [-0.1, -0.05) is 12.1 Å². The Hall–Kier alpha value is -2.96. The predicted octanol–water partition coefficient (Wildman–Crippen LogP) is 3.01. The van der Waals surface area contributed by atoms with Gasteiger partial charge in [0.2, 0.25) is 5.82 Å². The minimum Gasteiger partial charge on any atom is -0.488 e. The SMILES string of the molecule is O=C(O)c1ccccc1OCc1ccc([N+](=O)[O-])c(F)c1. The van der Waals surface area contributed by atoms with Gasteiger partial charge in [-0.15, -0.1) is 0 Å². The summed E-state index contributed by atoms with van der Waals surface area (Å²) < 4.78 is 18.8. The van der Waals surface area contributed by atoms with Gasteiger partial charge in [-0.05, 0) is 29.8 Å². The second kappa shape index (κ2) is 6.00. The highest BCUT2D eigenvalue weighted by atomic mass is 19.1. The largest absolute Gasteiger partial charge is 0.488 e. The lowest BCUT2D eigenvalue weighted by atomic mass is 10.2. The zero-order valence-electron chi connectivity index (χ0n) is 10.7. The van der Waals surface area contributed by atoms with E-state index in [1.807, 2.05) is 0 Å². The molecule has 2 aromatic rings. The molecule has 108 valence electrons. The molecule has 0 saturated heterocycles. The van der Waals surface area contributed by atoms with Crippen LogP contribution < -0.4 is 4.74 Å². The number of hydrogen-bond donors (Lipinski definition) is 1.